The van der Waals surface area contributed by atoms with E-state index >= 15 is 0 Å². The summed E-state index contributed by atoms with van der Waals surface area (Å²) in [6.45, 7) is 1.00. The number of rotatable bonds is 3. The van der Waals surface area contributed by atoms with Gasteiger partial charge in [-0.15, -0.1) is 0 Å². The zero-order valence-corrected chi connectivity index (χ0v) is 9.75. The Bertz CT molecular complexity index is 211. The molecule has 2 aliphatic rings. The summed E-state index contributed by atoms with van der Waals surface area (Å²) in [5.41, 5.74) is 6.05. The summed E-state index contributed by atoms with van der Waals surface area (Å²) in [6.07, 6.45) is 12.3. The quantitative estimate of drug-likeness (QED) is 0.561. The molecular formula is C13H24N2. The smallest absolute Gasteiger partial charge is 0.0968 e. The maximum Gasteiger partial charge on any atom is 0.0968 e. The highest BCUT2D eigenvalue weighted by Gasteiger charge is 2.19. The van der Waals surface area contributed by atoms with Gasteiger partial charge in [-0.2, -0.15) is 0 Å². The molecule has 0 radical (unpaired) electrons. The van der Waals surface area contributed by atoms with Crippen LogP contribution in [-0.2, 0) is 0 Å². The minimum absolute atomic E-state index is 0.619. The molecular weight excluding hydrogens is 184 g/mol. The lowest BCUT2D eigenvalue weighted by Crippen LogP contribution is -2.23. The van der Waals surface area contributed by atoms with Gasteiger partial charge in [0.15, 0.2) is 0 Å². The van der Waals surface area contributed by atoms with Gasteiger partial charge in [0.05, 0.1) is 5.84 Å². The summed E-state index contributed by atoms with van der Waals surface area (Å²) >= 11 is 0. The Morgan fingerprint density at radius 3 is 2.20 bits per heavy atom. The minimum Gasteiger partial charge on any atom is -0.387 e. The van der Waals surface area contributed by atoms with E-state index in [0.717, 1.165) is 18.3 Å². The molecule has 0 aromatic rings. The van der Waals surface area contributed by atoms with Crippen LogP contribution < -0.4 is 5.73 Å². The Hall–Kier alpha value is -0.530. The van der Waals surface area contributed by atoms with Crippen LogP contribution in [0.4, 0.5) is 0 Å². The van der Waals surface area contributed by atoms with E-state index < -0.39 is 0 Å². The van der Waals surface area contributed by atoms with Gasteiger partial charge in [-0.25, -0.2) is 0 Å². The highest BCUT2D eigenvalue weighted by Crippen LogP contribution is 2.26. The molecule has 2 aliphatic carbocycles. The Morgan fingerprint density at radius 1 is 0.933 bits per heavy atom. The molecule has 2 saturated carbocycles. The number of aliphatic imine (C=N–C) groups is 1. The van der Waals surface area contributed by atoms with Gasteiger partial charge in [0.25, 0.3) is 0 Å². The topological polar surface area (TPSA) is 38.4 Å². The van der Waals surface area contributed by atoms with E-state index in [4.69, 9.17) is 5.73 Å². The average Bonchev–Trinajstić information content (AvgIpc) is 2.81. The zero-order valence-electron chi connectivity index (χ0n) is 9.75. The van der Waals surface area contributed by atoms with Gasteiger partial charge in [-0.05, 0) is 31.6 Å². The summed E-state index contributed by atoms with van der Waals surface area (Å²) in [7, 11) is 0. The fourth-order valence-electron chi connectivity index (χ4n) is 2.95. The van der Waals surface area contributed by atoms with Gasteiger partial charge in [-0.3, -0.25) is 4.99 Å². The van der Waals surface area contributed by atoms with Gasteiger partial charge in [0.2, 0.25) is 0 Å². The Balaban J connectivity index is 1.76. The molecule has 15 heavy (non-hydrogen) atoms. The number of amidine groups is 1. The zero-order chi connectivity index (χ0) is 10.5. The third-order valence-corrected chi connectivity index (χ3v) is 4.03. The standard InChI is InChI=1S/C13H24N2/c14-13(12-8-4-5-9-12)15-10-11-6-2-1-3-7-11/h11-12H,1-10H2,(H2,14,15). The van der Waals surface area contributed by atoms with Crippen LogP contribution in [0.15, 0.2) is 4.99 Å². The molecule has 2 nitrogen and oxygen atoms in total. The van der Waals surface area contributed by atoms with Gasteiger partial charge in [-0.1, -0.05) is 32.1 Å². The Kier molecular flexibility index (Phi) is 4.04. The van der Waals surface area contributed by atoms with Crippen LogP contribution in [-0.4, -0.2) is 12.4 Å². The molecule has 0 heterocycles. The molecule has 0 amide bonds. The molecule has 86 valence electrons. The second kappa shape index (κ2) is 5.53. The van der Waals surface area contributed by atoms with Crippen LogP contribution in [0.2, 0.25) is 0 Å². The van der Waals surface area contributed by atoms with Crippen LogP contribution in [0.5, 0.6) is 0 Å². The van der Waals surface area contributed by atoms with E-state index in [1.165, 1.54) is 57.8 Å². The lowest BCUT2D eigenvalue weighted by atomic mass is 9.89. The molecule has 0 saturated heterocycles. The van der Waals surface area contributed by atoms with Crippen molar-refractivity contribution in [2.75, 3.05) is 6.54 Å². The SMILES string of the molecule is NC(=NCC1CCCCC1)C1CCCC1. The van der Waals surface area contributed by atoms with E-state index in [-0.39, 0.29) is 0 Å². The molecule has 0 aromatic carbocycles. The van der Waals surface area contributed by atoms with Crippen LogP contribution in [0.3, 0.4) is 0 Å². The Labute approximate surface area is 93.3 Å². The molecule has 0 bridgehead atoms. The highest BCUT2D eigenvalue weighted by molar-refractivity contribution is 5.83. The van der Waals surface area contributed by atoms with Gasteiger partial charge in [0, 0.05) is 12.5 Å². The molecule has 2 heteroatoms. The maximum atomic E-state index is 6.05. The number of nitrogens with two attached hydrogens (primary N) is 1. The van der Waals surface area contributed by atoms with Crippen molar-refractivity contribution in [2.24, 2.45) is 22.6 Å². The molecule has 2 N–H and O–H groups in total. The summed E-state index contributed by atoms with van der Waals surface area (Å²) in [6, 6.07) is 0. The summed E-state index contributed by atoms with van der Waals surface area (Å²) < 4.78 is 0. The Morgan fingerprint density at radius 2 is 1.53 bits per heavy atom. The molecule has 2 fully saturated rings. The lowest BCUT2D eigenvalue weighted by Gasteiger charge is -2.20. The highest BCUT2D eigenvalue weighted by atomic mass is 14.9. The van der Waals surface area contributed by atoms with E-state index in [0.29, 0.717) is 5.92 Å². The normalized spacial score (nSPS) is 26.0. The van der Waals surface area contributed by atoms with E-state index in [1.807, 2.05) is 0 Å². The summed E-state index contributed by atoms with van der Waals surface area (Å²) in [4.78, 5) is 4.62. The first-order chi connectivity index (χ1) is 7.36. The molecule has 0 spiro atoms. The summed E-state index contributed by atoms with van der Waals surface area (Å²) in [5.74, 6) is 2.41. The second-order valence-corrected chi connectivity index (χ2v) is 5.25. The first kappa shape index (κ1) is 11.0. The monoisotopic (exact) mass is 208 g/mol. The minimum atomic E-state index is 0.619. The largest absolute Gasteiger partial charge is 0.387 e. The van der Waals surface area contributed by atoms with Crippen molar-refractivity contribution >= 4 is 5.84 Å². The van der Waals surface area contributed by atoms with Crippen molar-refractivity contribution < 1.29 is 0 Å². The molecule has 0 aliphatic heterocycles. The van der Waals surface area contributed by atoms with Crippen molar-refractivity contribution in [1.82, 2.24) is 0 Å². The fourth-order valence-corrected chi connectivity index (χ4v) is 2.95. The first-order valence-corrected chi connectivity index (χ1v) is 6.66. The van der Waals surface area contributed by atoms with Crippen LogP contribution in [0, 0.1) is 11.8 Å². The van der Waals surface area contributed by atoms with Crippen molar-refractivity contribution in [3.05, 3.63) is 0 Å². The van der Waals surface area contributed by atoms with E-state index in [2.05, 4.69) is 4.99 Å². The second-order valence-electron chi connectivity index (χ2n) is 5.25. The lowest BCUT2D eigenvalue weighted by molar-refractivity contribution is 0.366. The van der Waals surface area contributed by atoms with Crippen LogP contribution in [0.1, 0.15) is 57.8 Å². The maximum absolute atomic E-state index is 6.05. The van der Waals surface area contributed by atoms with Crippen molar-refractivity contribution in [1.29, 1.82) is 0 Å². The fraction of sp³-hybridized carbons (Fsp3) is 0.923. The molecule has 0 aromatic heterocycles. The molecule has 2 rings (SSSR count). The molecule has 0 unspecified atom stereocenters. The van der Waals surface area contributed by atoms with Crippen LogP contribution in [0.25, 0.3) is 0 Å². The molecule has 0 atom stereocenters. The van der Waals surface area contributed by atoms with Crippen molar-refractivity contribution in [3.63, 3.8) is 0 Å². The number of nitrogens with zero attached hydrogens (tertiary/aromatic N) is 1. The van der Waals surface area contributed by atoms with E-state index in [1.54, 1.807) is 0 Å². The average molecular weight is 208 g/mol. The first-order valence-electron chi connectivity index (χ1n) is 6.66. The van der Waals surface area contributed by atoms with E-state index in [9.17, 15) is 0 Å². The van der Waals surface area contributed by atoms with Crippen LogP contribution >= 0.6 is 0 Å². The predicted octanol–water partition coefficient (Wildman–Crippen LogP) is 3.11. The predicted molar refractivity (Wildman–Crippen MR) is 65.0 cm³/mol. The van der Waals surface area contributed by atoms with Crippen molar-refractivity contribution in [2.45, 2.75) is 57.8 Å². The van der Waals surface area contributed by atoms with Crippen molar-refractivity contribution in [3.8, 4) is 0 Å². The summed E-state index contributed by atoms with van der Waals surface area (Å²) in [5, 5.41) is 0. The van der Waals surface area contributed by atoms with Gasteiger partial charge >= 0.3 is 0 Å². The number of hydrogen-bond donors (Lipinski definition) is 1. The van der Waals surface area contributed by atoms with Gasteiger partial charge < -0.3 is 5.73 Å². The third-order valence-electron chi connectivity index (χ3n) is 4.03. The number of hydrogen-bond acceptors (Lipinski definition) is 1. The third kappa shape index (κ3) is 3.22. The van der Waals surface area contributed by atoms with Gasteiger partial charge in [0.1, 0.15) is 0 Å².